The van der Waals surface area contributed by atoms with Crippen LogP contribution < -0.4 is 10.5 Å². The Morgan fingerprint density at radius 3 is 2.82 bits per heavy atom. The van der Waals surface area contributed by atoms with Crippen molar-refractivity contribution in [2.75, 3.05) is 6.61 Å². The van der Waals surface area contributed by atoms with Crippen LogP contribution in [-0.4, -0.2) is 24.9 Å². The molecule has 1 aliphatic carbocycles. The molecule has 17 heavy (non-hydrogen) atoms. The molecular weight excluding hydrogens is 221 g/mol. The van der Waals surface area contributed by atoms with Crippen LogP contribution in [0.4, 0.5) is 4.39 Å². The van der Waals surface area contributed by atoms with Gasteiger partial charge in [-0.05, 0) is 37.6 Å². The third kappa shape index (κ3) is 2.58. The highest BCUT2D eigenvalue weighted by molar-refractivity contribution is 5.29. The lowest BCUT2D eigenvalue weighted by molar-refractivity contribution is -0.0945. The maximum Gasteiger partial charge on any atom is 0.128 e. The molecule has 0 aliphatic heterocycles. The fraction of sp³-hybridized carbons (Fsp3) is 0.538. The lowest BCUT2D eigenvalue weighted by Gasteiger charge is -2.41. The van der Waals surface area contributed by atoms with Gasteiger partial charge >= 0.3 is 0 Å². The van der Waals surface area contributed by atoms with Crippen molar-refractivity contribution < 1.29 is 13.9 Å². The second-order valence-electron chi connectivity index (χ2n) is 4.39. The normalized spacial score (nSPS) is 27.6. The van der Waals surface area contributed by atoms with Crippen molar-refractivity contribution in [2.24, 2.45) is 5.73 Å². The van der Waals surface area contributed by atoms with Crippen LogP contribution in [0.2, 0.25) is 0 Å². The van der Waals surface area contributed by atoms with Gasteiger partial charge in [-0.3, -0.25) is 0 Å². The second-order valence-corrected chi connectivity index (χ2v) is 4.39. The number of halogens is 1. The number of rotatable bonds is 4. The van der Waals surface area contributed by atoms with Gasteiger partial charge in [0.2, 0.25) is 0 Å². The highest BCUT2D eigenvalue weighted by Crippen LogP contribution is 2.28. The first-order valence-corrected chi connectivity index (χ1v) is 5.91. The van der Waals surface area contributed by atoms with Crippen molar-refractivity contribution in [2.45, 2.75) is 38.5 Å². The molecule has 1 aromatic carbocycles. The summed E-state index contributed by atoms with van der Waals surface area (Å²) in [5.74, 6) is 0.453. The molecule has 0 aromatic heterocycles. The highest BCUT2D eigenvalue weighted by atomic mass is 19.1. The molecule has 3 atom stereocenters. The lowest BCUT2D eigenvalue weighted by Crippen LogP contribution is -2.59. The van der Waals surface area contributed by atoms with E-state index in [1.807, 2.05) is 6.92 Å². The summed E-state index contributed by atoms with van der Waals surface area (Å²) in [4.78, 5) is 0. The minimum Gasteiger partial charge on any atom is -0.488 e. The van der Waals surface area contributed by atoms with Gasteiger partial charge in [0.1, 0.15) is 23.8 Å². The molecule has 0 saturated heterocycles. The fourth-order valence-electron chi connectivity index (χ4n) is 2.02. The zero-order valence-corrected chi connectivity index (χ0v) is 10.2. The summed E-state index contributed by atoms with van der Waals surface area (Å²) in [7, 11) is 0. The van der Waals surface area contributed by atoms with Crippen molar-refractivity contribution in [1.82, 2.24) is 0 Å². The molecule has 0 bridgehead atoms. The molecule has 1 fully saturated rings. The zero-order chi connectivity index (χ0) is 12.4. The van der Waals surface area contributed by atoms with Gasteiger partial charge in [0, 0.05) is 19.1 Å². The van der Waals surface area contributed by atoms with E-state index >= 15 is 0 Å². The fourth-order valence-corrected chi connectivity index (χ4v) is 2.02. The summed E-state index contributed by atoms with van der Waals surface area (Å²) in [6.45, 7) is 4.28. The van der Waals surface area contributed by atoms with Gasteiger partial charge in [0.15, 0.2) is 0 Å². The van der Waals surface area contributed by atoms with Gasteiger partial charge in [-0.25, -0.2) is 4.39 Å². The lowest BCUT2D eigenvalue weighted by atomic mass is 9.86. The minimum atomic E-state index is -0.219. The topological polar surface area (TPSA) is 44.5 Å². The molecule has 0 heterocycles. The first-order chi connectivity index (χ1) is 8.11. The van der Waals surface area contributed by atoms with Crippen molar-refractivity contribution in [3.8, 4) is 5.75 Å². The van der Waals surface area contributed by atoms with E-state index in [2.05, 4.69) is 0 Å². The Morgan fingerprint density at radius 1 is 1.47 bits per heavy atom. The average Bonchev–Trinajstić information content (AvgIpc) is 2.30. The summed E-state index contributed by atoms with van der Waals surface area (Å²) in [5.41, 5.74) is 6.42. The Morgan fingerprint density at radius 2 is 2.24 bits per heavy atom. The maximum absolute atomic E-state index is 13.1. The zero-order valence-electron chi connectivity index (χ0n) is 10.2. The van der Waals surface area contributed by atoms with Crippen LogP contribution in [0, 0.1) is 12.7 Å². The maximum atomic E-state index is 13.1. The number of benzene rings is 1. The summed E-state index contributed by atoms with van der Waals surface area (Å²) in [5, 5.41) is 0. The largest absolute Gasteiger partial charge is 0.488 e. The molecule has 0 amide bonds. The summed E-state index contributed by atoms with van der Waals surface area (Å²) in [6, 6.07) is 4.79. The number of ether oxygens (including phenoxy) is 2. The van der Waals surface area contributed by atoms with Crippen LogP contribution in [0.1, 0.15) is 18.9 Å². The molecule has 0 spiro atoms. The monoisotopic (exact) mass is 239 g/mol. The highest BCUT2D eigenvalue weighted by Gasteiger charge is 2.41. The van der Waals surface area contributed by atoms with Crippen LogP contribution in [0.25, 0.3) is 0 Å². The SMILES string of the molecule is CCOC1C(N)CC1Oc1ccc(F)c(C)c1. The molecule has 0 radical (unpaired) electrons. The standard InChI is InChI=1S/C13H18FNO2/c1-3-16-13-11(15)7-12(13)17-9-4-5-10(14)8(2)6-9/h4-6,11-13H,3,7,15H2,1-2H3. The third-order valence-electron chi connectivity index (χ3n) is 3.07. The minimum absolute atomic E-state index is 0.0187. The van der Waals surface area contributed by atoms with E-state index in [0.717, 1.165) is 6.42 Å². The summed E-state index contributed by atoms with van der Waals surface area (Å²) >= 11 is 0. The Kier molecular flexibility index (Phi) is 3.64. The van der Waals surface area contributed by atoms with Gasteiger partial charge in [0.25, 0.3) is 0 Å². The van der Waals surface area contributed by atoms with E-state index < -0.39 is 0 Å². The van der Waals surface area contributed by atoms with E-state index in [9.17, 15) is 4.39 Å². The molecule has 3 unspecified atom stereocenters. The van der Waals surface area contributed by atoms with E-state index in [4.69, 9.17) is 15.2 Å². The molecule has 94 valence electrons. The van der Waals surface area contributed by atoms with Gasteiger partial charge in [-0.15, -0.1) is 0 Å². The Labute approximate surface area is 101 Å². The molecular formula is C13H18FNO2. The Balaban J connectivity index is 1.99. The summed E-state index contributed by atoms with van der Waals surface area (Å²) in [6.07, 6.45) is 0.710. The van der Waals surface area contributed by atoms with Gasteiger partial charge in [-0.2, -0.15) is 0 Å². The first kappa shape index (κ1) is 12.3. The third-order valence-corrected chi connectivity index (χ3v) is 3.07. The number of aryl methyl sites for hydroxylation is 1. The number of hydrogen-bond donors (Lipinski definition) is 1. The molecule has 1 aliphatic rings. The van der Waals surface area contributed by atoms with E-state index in [0.29, 0.717) is 17.9 Å². The van der Waals surface area contributed by atoms with Crippen LogP contribution in [0.3, 0.4) is 0 Å². The Hall–Kier alpha value is -1.13. The molecule has 2 rings (SSSR count). The predicted molar refractivity (Wildman–Crippen MR) is 63.6 cm³/mol. The molecule has 4 heteroatoms. The van der Waals surface area contributed by atoms with E-state index in [1.165, 1.54) is 6.07 Å². The smallest absolute Gasteiger partial charge is 0.128 e. The van der Waals surface area contributed by atoms with Crippen LogP contribution in [0.5, 0.6) is 5.75 Å². The van der Waals surface area contributed by atoms with Gasteiger partial charge < -0.3 is 15.2 Å². The molecule has 2 N–H and O–H groups in total. The summed E-state index contributed by atoms with van der Waals surface area (Å²) < 4.78 is 24.3. The predicted octanol–water partition coefficient (Wildman–Crippen LogP) is 2.02. The molecule has 1 aromatic rings. The molecule has 1 saturated carbocycles. The van der Waals surface area contributed by atoms with Gasteiger partial charge in [-0.1, -0.05) is 0 Å². The molecule has 3 nitrogen and oxygen atoms in total. The Bertz CT molecular complexity index is 397. The van der Waals surface area contributed by atoms with E-state index in [1.54, 1.807) is 19.1 Å². The van der Waals surface area contributed by atoms with Crippen LogP contribution in [-0.2, 0) is 4.74 Å². The van der Waals surface area contributed by atoms with Crippen LogP contribution in [0.15, 0.2) is 18.2 Å². The average molecular weight is 239 g/mol. The van der Waals surface area contributed by atoms with Crippen molar-refractivity contribution in [1.29, 1.82) is 0 Å². The number of nitrogens with two attached hydrogens (primary N) is 1. The quantitative estimate of drug-likeness (QED) is 0.874. The van der Waals surface area contributed by atoms with Crippen LogP contribution >= 0.6 is 0 Å². The first-order valence-electron chi connectivity index (χ1n) is 5.91. The van der Waals surface area contributed by atoms with Crippen molar-refractivity contribution in [3.63, 3.8) is 0 Å². The van der Waals surface area contributed by atoms with Gasteiger partial charge in [0.05, 0.1) is 0 Å². The van der Waals surface area contributed by atoms with Crippen molar-refractivity contribution >= 4 is 0 Å². The van der Waals surface area contributed by atoms with Crippen molar-refractivity contribution in [3.05, 3.63) is 29.6 Å². The second kappa shape index (κ2) is 5.02. The number of hydrogen-bond acceptors (Lipinski definition) is 3. The van der Waals surface area contributed by atoms with E-state index in [-0.39, 0.29) is 24.1 Å².